The summed E-state index contributed by atoms with van der Waals surface area (Å²) in [5.41, 5.74) is 0. The molecule has 2 heteroatoms. The maximum Gasteiger partial charge on any atom is 0.0834 e. The zero-order valence-corrected chi connectivity index (χ0v) is 5.13. The molecule has 1 rings (SSSR count). The topological polar surface area (TPSA) is 32.8 Å². The molecule has 1 heterocycles. The van der Waals surface area contributed by atoms with Crippen LogP contribution in [0.1, 0.15) is 19.8 Å². The molecule has 0 radical (unpaired) electrons. The van der Waals surface area contributed by atoms with E-state index in [1.165, 1.54) is 0 Å². The number of hydrogen-bond donors (Lipinski definition) is 1. The van der Waals surface area contributed by atoms with Gasteiger partial charge in [-0.2, -0.15) is 0 Å². The number of rotatable bonds is 3. The largest absolute Gasteiger partial charge is 0.393 e. The zero-order valence-electron chi connectivity index (χ0n) is 5.13. The quantitative estimate of drug-likeness (QED) is 0.546. The maximum atomic E-state index is 8.99. The van der Waals surface area contributed by atoms with Gasteiger partial charge in [0.1, 0.15) is 0 Å². The molecule has 0 saturated carbocycles. The average Bonchev–Trinajstić information content (AvgIpc) is 2.50. The number of aliphatic hydroxyl groups excluding tert-OH is 1. The molecule has 2 atom stereocenters. The first-order valence-electron chi connectivity index (χ1n) is 3.12. The smallest absolute Gasteiger partial charge is 0.0834 e. The predicted molar refractivity (Wildman–Crippen MR) is 30.7 cm³/mol. The molecule has 1 N–H and O–H groups in total. The van der Waals surface area contributed by atoms with Gasteiger partial charge in [-0.05, 0) is 6.42 Å². The van der Waals surface area contributed by atoms with Crippen molar-refractivity contribution < 1.29 is 9.84 Å². The van der Waals surface area contributed by atoms with Crippen LogP contribution in [-0.2, 0) is 4.74 Å². The van der Waals surface area contributed by atoms with Gasteiger partial charge < -0.3 is 9.84 Å². The number of hydrogen-bond acceptors (Lipinski definition) is 2. The summed E-state index contributed by atoms with van der Waals surface area (Å²) < 4.78 is 4.92. The van der Waals surface area contributed by atoms with Crippen LogP contribution in [0.2, 0.25) is 0 Å². The maximum absolute atomic E-state index is 8.99. The van der Waals surface area contributed by atoms with Crippen molar-refractivity contribution in [1.29, 1.82) is 0 Å². The summed E-state index contributed by atoms with van der Waals surface area (Å²) in [6.07, 6.45) is 1.92. The Kier molecular flexibility index (Phi) is 1.86. The third-order valence-electron chi connectivity index (χ3n) is 1.41. The molecular weight excluding hydrogens is 104 g/mol. The predicted octanol–water partition coefficient (Wildman–Crippen LogP) is 0.546. The van der Waals surface area contributed by atoms with Crippen molar-refractivity contribution in [3.05, 3.63) is 0 Å². The first-order valence-corrected chi connectivity index (χ1v) is 3.12. The van der Waals surface area contributed by atoms with Crippen LogP contribution in [0.5, 0.6) is 0 Å². The van der Waals surface area contributed by atoms with E-state index in [1.54, 1.807) is 0 Å². The summed E-state index contributed by atoms with van der Waals surface area (Å²) in [6.45, 7) is 2.84. The number of ether oxygens (including phenoxy) is 1. The Balaban J connectivity index is 1.98. The molecule has 0 aliphatic carbocycles. The van der Waals surface area contributed by atoms with Crippen molar-refractivity contribution in [1.82, 2.24) is 0 Å². The normalized spacial score (nSPS) is 30.0. The second-order valence-corrected chi connectivity index (χ2v) is 2.25. The third-order valence-corrected chi connectivity index (χ3v) is 1.41. The SMILES string of the molecule is CC[C@H](O)CC1CO1. The highest BCUT2D eigenvalue weighted by molar-refractivity contribution is 4.72. The van der Waals surface area contributed by atoms with Crippen molar-refractivity contribution in [2.24, 2.45) is 0 Å². The molecule has 2 nitrogen and oxygen atoms in total. The molecule has 1 saturated heterocycles. The van der Waals surface area contributed by atoms with Gasteiger partial charge in [-0.15, -0.1) is 0 Å². The highest BCUT2D eigenvalue weighted by atomic mass is 16.6. The van der Waals surface area contributed by atoms with Gasteiger partial charge in [0.15, 0.2) is 0 Å². The van der Waals surface area contributed by atoms with E-state index in [1.807, 2.05) is 6.92 Å². The van der Waals surface area contributed by atoms with E-state index in [0.717, 1.165) is 19.4 Å². The third kappa shape index (κ3) is 1.80. The fraction of sp³-hybridized carbons (Fsp3) is 1.00. The molecule has 0 spiro atoms. The lowest BCUT2D eigenvalue weighted by Gasteiger charge is -2.01. The number of aliphatic hydroxyl groups is 1. The molecule has 1 fully saturated rings. The van der Waals surface area contributed by atoms with Crippen LogP contribution in [0.25, 0.3) is 0 Å². The van der Waals surface area contributed by atoms with E-state index < -0.39 is 0 Å². The second-order valence-electron chi connectivity index (χ2n) is 2.25. The van der Waals surface area contributed by atoms with Crippen LogP contribution in [0.15, 0.2) is 0 Å². The molecule has 0 amide bonds. The van der Waals surface area contributed by atoms with Gasteiger partial charge in [-0.25, -0.2) is 0 Å². The Morgan fingerprint density at radius 1 is 1.88 bits per heavy atom. The van der Waals surface area contributed by atoms with Gasteiger partial charge in [0.05, 0.1) is 18.8 Å². The molecule has 8 heavy (non-hydrogen) atoms. The zero-order chi connectivity index (χ0) is 5.98. The first kappa shape index (κ1) is 6.05. The van der Waals surface area contributed by atoms with Crippen molar-refractivity contribution in [3.8, 4) is 0 Å². The summed E-state index contributed by atoms with van der Waals surface area (Å²) in [4.78, 5) is 0. The Hall–Kier alpha value is -0.0800. The van der Waals surface area contributed by atoms with E-state index in [0.29, 0.717) is 6.10 Å². The molecule has 0 aromatic carbocycles. The van der Waals surface area contributed by atoms with E-state index in [9.17, 15) is 0 Å². The fourth-order valence-corrected chi connectivity index (χ4v) is 0.674. The van der Waals surface area contributed by atoms with Crippen LogP contribution >= 0.6 is 0 Å². The molecule has 1 aliphatic rings. The fourth-order valence-electron chi connectivity index (χ4n) is 0.674. The molecule has 0 bridgehead atoms. The minimum atomic E-state index is -0.137. The Labute approximate surface area is 49.5 Å². The minimum absolute atomic E-state index is 0.137. The standard InChI is InChI=1S/C6H12O2/c1-2-5(7)3-6-4-8-6/h5-7H,2-4H2,1H3/t5-,6?/m0/s1. The van der Waals surface area contributed by atoms with Gasteiger partial charge in [0, 0.05) is 6.42 Å². The Morgan fingerprint density at radius 2 is 2.50 bits per heavy atom. The van der Waals surface area contributed by atoms with Gasteiger partial charge >= 0.3 is 0 Å². The van der Waals surface area contributed by atoms with Crippen molar-refractivity contribution in [2.45, 2.75) is 32.0 Å². The van der Waals surface area contributed by atoms with Crippen LogP contribution in [-0.4, -0.2) is 23.9 Å². The molecule has 0 aromatic rings. The van der Waals surface area contributed by atoms with Crippen LogP contribution in [0, 0.1) is 0 Å². The second kappa shape index (κ2) is 2.46. The van der Waals surface area contributed by atoms with E-state index >= 15 is 0 Å². The summed E-state index contributed by atoms with van der Waals surface area (Å²) in [5.74, 6) is 0. The summed E-state index contributed by atoms with van der Waals surface area (Å²) >= 11 is 0. The molecule has 1 unspecified atom stereocenters. The minimum Gasteiger partial charge on any atom is -0.393 e. The van der Waals surface area contributed by atoms with E-state index in [-0.39, 0.29) is 6.10 Å². The van der Waals surface area contributed by atoms with Crippen molar-refractivity contribution in [3.63, 3.8) is 0 Å². The highest BCUT2D eigenvalue weighted by Crippen LogP contribution is 2.16. The lowest BCUT2D eigenvalue weighted by atomic mass is 10.2. The Morgan fingerprint density at radius 3 is 2.88 bits per heavy atom. The van der Waals surface area contributed by atoms with E-state index in [2.05, 4.69) is 0 Å². The monoisotopic (exact) mass is 116 g/mol. The van der Waals surface area contributed by atoms with E-state index in [4.69, 9.17) is 9.84 Å². The summed E-state index contributed by atoms with van der Waals surface area (Å²) in [7, 11) is 0. The van der Waals surface area contributed by atoms with Crippen molar-refractivity contribution in [2.75, 3.05) is 6.61 Å². The Bertz CT molecular complexity index is 68.9. The van der Waals surface area contributed by atoms with Gasteiger partial charge in [0.25, 0.3) is 0 Å². The van der Waals surface area contributed by atoms with Gasteiger partial charge in [-0.1, -0.05) is 6.92 Å². The van der Waals surface area contributed by atoms with Gasteiger partial charge in [-0.3, -0.25) is 0 Å². The van der Waals surface area contributed by atoms with Crippen molar-refractivity contribution >= 4 is 0 Å². The highest BCUT2D eigenvalue weighted by Gasteiger charge is 2.24. The first-order chi connectivity index (χ1) is 3.83. The van der Waals surface area contributed by atoms with Crippen LogP contribution in [0.4, 0.5) is 0 Å². The number of epoxide rings is 1. The summed E-state index contributed by atoms with van der Waals surface area (Å²) in [6, 6.07) is 0. The average molecular weight is 116 g/mol. The molecule has 1 aliphatic heterocycles. The molecule has 0 aromatic heterocycles. The van der Waals surface area contributed by atoms with Crippen LogP contribution in [0.3, 0.4) is 0 Å². The van der Waals surface area contributed by atoms with Gasteiger partial charge in [0.2, 0.25) is 0 Å². The molecule has 48 valence electrons. The molecular formula is C6H12O2. The van der Waals surface area contributed by atoms with Crippen LogP contribution < -0.4 is 0 Å². The lowest BCUT2D eigenvalue weighted by Crippen LogP contribution is -2.07. The lowest BCUT2D eigenvalue weighted by molar-refractivity contribution is 0.148. The summed E-state index contributed by atoms with van der Waals surface area (Å²) in [5, 5.41) is 8.99.